The molecule has 1 unspecified atom stereocenters. The summed E-state index contributed by atoms with van der Waals surface area (Å²) in [6, 6.07) is 5.28. The molecule has 8 heteroatoms. The van der Waals surface area contributed by atoms with Crippen molar-refractivity contribution in [2.75, 3.05) is 33.6 Å². The largest absolute Gasteiger partial charge is 0.496 e. The number of likely N-dealkylation sites (tertiary alicyclic amines) is 1. The molecule has 7 nitrogen and oxygen atoms in total. The molecule has 1 amide bonds. The maximum absolute atomic E-state index is 12.8. The summed E-state index contributed by atoms with van der Waals surface area (Å²) in [6.07, 6.45) is 1.64. The molecule has 1 N–H and O–H groups in total. The Morgan fingerprint density at radius 2 is 1.92 bits per heavy atom. The van der Waals surface area contributed by atoms with Gasteiger partial charge in [-0.05, 0) is 18.9 Å². The van der Waals surface area contributed by atoms with Gasteiger partial charge in [-0.25, -0.2) is 0 Å². The first-order chi connectivity index (χ1) is 12.6. The molecule has 2 aliphatic heterocycles. The van der Waals surface area contributed by atoms with Crippen molar-refractivity contribution in [3.63, 3.8) is 0 Å². The summed E-state index contributed by atoms with van der Waals surface area (Å²) >= 11 is 1.64. The van der Waals surface area contributed by atoms with Crippen molar-refractivity contribution >= 4 is 17.7 Å². The monoisotopic (exact) mass is 377 g/mol. The second-order valence-electron chi connectivity index (χ2n) is 6.20. The van der Waals surface area contributed by atoms with Crippen LogP contribution in [0, 0.1) is 11.3 Å². The van der Waals surface area contributed by atoms with Gasteiger partial charge < -0.3 is 19.1 Å². The van der Waals surface area contributed by atoms with Gasteiger partial charge in [0.2, 0.25) is 5.91 Å². The van der Waals surface area contributed by atoms with E-state index >= 15 is 0 Å². The smallest absolute Gasteiger partial charge is 0.241 e. The number of nitriles is 1. The number of amides is 1. The van der Waals surface area contributed by atoms with Gasteiger partial charge in [0, 0.05) is 23.9 Å². The molecule has 2 aliphatic rings. The van der Waals surface area contributed by atoms with Crippen molar-refractivity contribution in [2.24, 2.45) is 0 Å². The Morgan fingerprint density at radius 1 is 1.23 bits per heavy atom. The van der Waals surface area contributed by atoms with Gasteiger partial charge in [-0.15, -0.1) is 11.8 Å². The standard InChI is InChI=1S/C18H23N3O4S/c1-23-14-8-16(25-3)15(24-2)7-12(14)17-20-13(10-26-17)18(22)21-6-4-5-11(21)9-19/h7-8,11,13,17,20H,4-6,10H2,1-3H3/t11-,13-,17?/m0/s1. The van der Waals surface area contributed by atoms with E-state index in [1.807, 2.05) is 6.07 Å². The molecule has 1 aromatic carbocycles. The van der Waals surface area contributed by atoms with E-state index in [1.165, 1.54) is 0 Å². The molecule has 0 bridgehead atoms. The fourth-order valence-electron chi connectivity index (χ4n) is 3.42. The highest BCUT2D eigenvalue weighted by Crippen LogP contribution is 2.43. The lowest BCUT2D eigenvalue weighted by Gasteiger charge is -2.24. The molecule has 3 rings (SSSR count). The molecule has 2 fully saturated rings. The van der Waals surface area contributed by atoms with E-state index in [0.717, 1.165) is 18.4 Å². The van der Waals surface area contributed by atoms with E-state index in [9.17, 15) is 10.1 Å². The molecule has 0 aromatic heterocycles. The molecule has 0 saturated carbocycles. The third kappa shape index (κ3) is 3.41. The number of ether oxygens (including phenoxy) is 3. The van der Waals surface area contributed by atoms with Crippen LogP contribution in [-0.2, 0) is 4.79 Å². The molecule has 2 heterocycles. The highest BCUT2D eigenvalue weighted by Gasteiger charge is 2.38. The van der Waals surface area contributed by atoms with Crippen molar-refractivity contribution in [1.82, 2.24) is 10.2 Å². The number of hydrogen-bond acceptors (Lipinski definition) is 7. The Hall–Kier alpha value is -2.11. The van der Waals surface area contributed by atoms with Crippen LogP contribution in [0.3, 0.4) is 0 Å². The maximum Gasteiger partial charge on any atom is 0.241 e. The van der Waals surface area contributed by atoms with Gasteiger partial charge in [0.05, 0.1) is 38.8 Å². The van der Waals surface area contributed by atoms with Crippen LogP contribution in [0.25, 0.3) is 0 Å². The average Bonchev–Trinajstić information content (AvgIpc) is 3.35. The van der Waals surface area contributed by atoms with Crippen LogP contribution in [0.5, 0.6) is 17.2 Å². The lowest BCUT2D eigenvalue weighted by molar-refractivity contribution is -0.132. The molecule has 3 atom stereocenters. The average molecular weight is 377 g/mol. The molecule has 1 aromatic rings. The third-order valence-electron chi connectivity index (χ3n) is 4.78. The highest BCUT2D eigenvalue weighted by atomic mass is 32.2. The van der Waals surface area contributed by atoms with Crippen molar-refractivity contribution in [3.8, 4) is 23.3 Å². The van der Waals surface area contributed by atoms with Crippen LogP contribution in [-0.4, -0.2) is 56.5 Å². The fraction of sp³-hybridized carbons (Fsp3) is 0.556. The van der Waals surface area contributed by atoms with Crippen LogP contribution < -0.4 is 19.5 Å². The van der Waals surface area contributed by atoms with Gasteiger partial charge in [0.25, 0.3) is 0 Å². The molecule has 2 saturated heterocycles. The van der Waals surface area contributed by atoms with Crippen LogP contribution >= 0.6 is 11.8 Å². The lowest BCUT2D eigenvalue weighted by atomic mass is 10.1. The Kier molecular flexibility index (Phi) is 5.79. The fourth-order valence-corrected chi connectivity index (χ4v) is 4.66. The first-order valence-corrected chi connectivity index (χ1v) is 9.55. The number of rotatable bonds is 5. The van der Waals surface area contributed by atoms with E-state index in [2.05, 4.69) is 11.4 Å². The van der Waals surface area contributed by atoms with Crippen LogP contribution in [0.4, 0.5) is 0 Å². The van der Waals surface area contributed by atoms with Crippen molar-refractivity contribution in [3.05, 3.63) is 17.7 Å². The summed E-state index contributed by atoms with van der Waals surface area (Å²) < 4.78 is 16.2. The Morgan fingerprint density at radius 3 is 2.58 bits per heavy atom. The number of benzene rings is 1. The van der Waals surface area contributed by atoms with Crippen LogP contribution in [0.2, 0.25) is 0 Å². The van der Waals surface area contributed by atoms with E-state index in [0.29, 0.717) is 29.5 Å². The Balaban J connectivity index is 1.78. The predicted octanol–water partition coefficient (Wildman–Crippen LogP) is 1.93. The third-order valence-corrected chi connectivity index (χ3v) is 6.03. The van der Waals surface area contributed by atoms with E-state index in [1.54, 1.807) is 44.1 Å². The molecular weight excluding hydrogens is 354 g/mol. The zero-order chi connectivity index (χ0) is 18.7. The zero-order valence-corrected chi connectivity index (χ0v) is 16.0. The van der Waals surface area contributed by atoms with Gasteiger partial charge in [-0.1, -0.05) is 0 Å². The first kappa shape index (κ1) is 18.7. The number of hydrogen-bond donors (Lipinski definition) is 1. The number of methoxy groups -OCH3 is 3. The summed E-state index contributed by atoms with van der Waals surface area (Å²) in [4.78, 5) is 14.5. The van der Waals surface area contributed by atoms with Crippen LogP contribution in [0.1, 0.15) is 23.8 Å². The number of carbonyl (C=O) groups is 1. The topological polar surface area (TPSA) is 83.8 Å². The summed E-state index contributed by atoms with van der Waals surface area (Å²) in [6.45, 7) is 0.657. The number of nitrogens with zero attached hydrogens (tertiary/aromatic N) is 2. The maximum atomic E-state index is 12.8. The summed E-state index contributed by atoms with van der Waals surface area (Å²) in [5.41, 5.74) is 0.906. The SMILES string of the molecule is COc1cc(OC)c(C2N[C@H](C(=O)N3CCC[C@H]3C#N)CS2)cc1OC. The summed E-state index contributed by atoms with van der Waals surface area (Å²) in [7, 11) is 4.77. The van der Waals surface area contributed by atoms with Crippen molar-refractivity contribution in [2.45, 2.75) is 30.3 Å². The number of carbonyl (C=O) groups excluding carboxylic acids is 1. The van der Waals surface area contributed by atoms with E-state index in [-0.39, 0.29) is 23.4 Å². The summed E-state index contributed by atoms with van der Waals surface area (Å²) in [5.74, 6) is 2.54. The Labute approximate surface area is 157 Å². The van der Waals surface area contributed by atoms with Gasteiger partial charge in [0.1, 0.15) is 11.8 Å². The lowest BCUT2D eigenvalue weighted by Crippen LogP contribution is -2.46. The van der Waals surface area contributed by atoms with Crippen molar-refractivity contribution < 1.29 is 19.0 Å². The minimum absolute atomic E-state index is 0.00323. The molecule has 0 aliphatic carbocycles. The highest BCUT2D eigenvalue weighted by molar-refractivity contribution is 7.99. The first-order valence-electron chi connectivity index (χ1n) is 8.50. The molecule has 26 heavy (non-hydrogen) atoms. The van der Waals surface area contributed by atoms with Crippen LogP contribution in [0.15, 0.2) is 12.1 Å². The minimum atomic E-state index is -0.309. The van der Waals surface area contributed by atoms with Gasteiger partial charge in [0.15, 0.2) is 11.5 Å². The normalized spacial score (nSPS) is 25.0. The number of nitrogens with one attached hydrogen (secondary N) is 1. The molecule has 0 radical (unpaired) electrons. The van der Waals surface area contributed by atoms with E-state index in [4.69, 9.17) is 14.2 Å². The predicted molar refractivity (Wildman–Crippen MR) is 98.6 cm³/mol. The second-order valence-corrected chi connectivity index (χ2v) is 7.34. The molecule has 0 spiro atoms. The van der Waals surface area contributed by atoms with E-state index < -0.39 is 0 Å². The molecule has 140 valence electrons. The summed E-state index contributed by atoms with van der Waals surface area (Å²) in [5, 5.41) is 12.5. The number of thioether (sulfide) groups is 1. The van der Waals surface area contributed by atoms with Gasteiger partial charge in [-0.3, -0.25) is 10.1 Å². The Bertz CT molecular complexity index is 721. The molecular formula is C18H23N3O4S. The second kappa shape index (κ2) is 8.06. The van der Waals surface area contributed by atoms with Gasteiger partial charge >= 0.3 is 0 Å². The van der Waals surface area contributed by atoms with Crippen molar-refractivity contribution in [1.29, 1.82) is 5.26 Å². The quantitative estimate of drug-likeness (QED) is 0.839. The van der Waals surface area contributed by atoms with Gasteiger partial charge in [-0.2, -0.15) is 5.26 Å². The minimum Gasteiger partial charge on any atom is -0.496 e. The zero-order valence-electron chi connectivity index (χ0n) is 15.2.